The molecule has 2 aliphatic rings. The van der Waals surface area contributed by atoms with Crippen LogP contribution in [-0.2, 0) is 4.74 Å². The van der Waals surface area contributed by atoms with Gasteiger partial charge in [0.15, 0.2) is 5.82 Å². The van der Waals surface area contributed by atoms with E-state index in [1.807, 2.05) is 27.8 Å². The van der Waals surface area contributed by atoms with Crippen molar-refractivity contribution >= 4 is 24.1 Å². The maximum Gasteiger partial charge on any atom is 0.282 e. The van der Waals surface area contributed by atoms with E-state index in [4.69, 9.17) is 9.47 Å². The van der Waals surface area contributed by atoms with Gasteiger partial charge in [0.2, 0.25) is 0 Å². The number of hydrogen-bond donors (Lipinski definition) is 1. The predicted octanol–water partition coefficient (Wildman–Crippen LogP) is 4.26. The van der Waals surface area contributed by atoms with Gasteiger partial charge in [-0.1, -0.05) is 13.8 Å². The van der Waals surface area contributed by atoms with Crippen molar-refractivity contribution in [3.63, 3.8) is 0 Å². The van der Waals surface area contributed by atoms with E-state index >= 15 is 0 Å². The molecule has 2 saturated heterocycles. The molecule has 1 amide bonds. The third kappa shape index (κ3) is 7.48. The fourth-order valence-electron chi connectivity index (χ4n) is 6.33. The van der Waals surface area contributed by atoms with Crippen molar-refractivity contribution in [1.29, 1.82) is 0 Å². The molecule has 2 fully saturated rings. The van der Waals surface area contributed by atoms with E-state index in [1.54, 1.807) is 12.0 Å². The van der Waals surface area contributed by atoms with E-state index < -0.39 is 5.82 Å². The fourth-order valence-corrected chi connectivity index (χ4v) is 6.33. The molecule has 2 aliphatic heterocycles. The second-order valence-corrected chi connectivity index (χ2v) is 12.1. The minimum Gasteiger partial charge on any atom is -0.434 e. The Morgan fingerprint density at radius 3 is 2.57 bits per heavy atom. The van der Waals surface area contributed by atoms with Crippen LogP contribution in [0.4, 0.5) is 10.2 Å². The maximum absolute atomic E-state index is 14.2. The van der Waals surface area contributed by atoms with E-state index in [0.29, 0.717) is 24.3 Å². The Kier molecular flexibility index (Phi) is 11.9. The van der Waals surface area contributed by atoms with Gasteiger partial charge >= 0.3 is 0 Å². The summed E-state index contributed by atoms with van der Waals surface area (Å²) in [7, 11) is 3.75. The average molecular weight is 608 g/mol. The lowest BCUT2D eigenvalue weighted by Crippen LogP contribution is -2.62. The molecule has 10 nitrogen and oxygen atoms in total. The van der Waals surface area contributed by atoms with Gasteiger partial charge in [-0.15, -0.1) is 22.6 Å². The summed E-state index contributed by atoms with van der Waals surface area (Å²) in [5, 5.41) is 11.4. The molecule has 0 saturated carbocycles. The number of carbonyl (C=O) groups is 1. The average Bonchev–Trinajstić information content (AvgIpc) is 3.37. The van der Waals surface area contributed by atoms with Gasteiger partial charge in [0, 0.05) is 63.9 Å². The van der Waals surface area contributed by atoms with E-state index in [0.717, 1.165) is 45.6 Å². The zero-order valence-corrected chi connectivity index (χ0v) is 26.8. The Bertz CT molecular complexity index is 1180. The van der Waals surface area contributed by atoms with E-state index in [1.165, 1.54) is 24.5 Å². The molecule has 12 heteroatoms. The van der Waals surface area contributed by atoms with E-state index in [9.17, 15) is 9.18 Å². The first kappa shape index (κ1) is 33.9. The topological polar surface area (TPSA) is 96.0 Å². The van der Waals surface area contributed by atoms with Crippen LogP contribution in [-0.4, -0.2) is 103 Å². The van der Waals surface area contributed by atoms with Gasteiger partial charge in [-0.05, 0) is 64.8 Å². The Labute approximate surface area is 255 Å². The highest BCUT2D eigenvalue weighted by Gasteiger charge is 2.50. The number of nitrogens with one attached hydrogen (secondary N) is 1. The molecule has 1 N–H and O–H groups in total. The molecule has 1 aromatic carbocycles. The quantitative estimate of drug-likeness (QED) is 0.358. The lowest BCUT2D eigenvalue weighted by molar-refractivity contribution is -0.0500. The predicted molar refractivity (Wildman–Crippen MR) is 164 cm³/mol. The van der Waals surface area contributed by atoms with Crippen LogP contribution >= 0.6 is 12.4 Å². The zero-order chi connectivity index (χ0) is 29.7. The number of anilines is 1. The fraction of sp³-hybridized carbons (Fsp3) is 0.667. The molecule has 2 aromatic rings. The van der Waals surface area contributed by atoms with Crippen LogP contribution in [0.3, 0.4) is 0 Å². The molecule has 234 valence electrons. The standard InChI is InChI=1S/C30H46FN7O3.ClH/c1-8-38(21(4)5)29(39)24-13-22(31)9-10-26(24)41-28-27(33-19-34-35-28)36-12-11-30(16-36)17-37(18-30)25(20(2)3)14-23(40-7)15-32-6;/h9-10,13,19-21,23,25,32H,8,11-12,14-18H2,1-7H3;1H/t23-,25+;/m0./s1. The van der Waals surface area contributed by atoms with Crippen molar-refractivity contribution < 1.29 is 18.7 Å². The van der Waals surface area contributed by atoms with Crippen LogP contribution in [0.2, 0.25) is 0 Å². The number of nitrogens with zero attached hydrogens (tertiary/aromatic N) is 6. The number of aromatic nitrogens is 3. The van der Waals surface area contributed by atoms with Gasteiger partial charge in [-0.3, -0.25) is 9.69 Å². The number of hydrogen-bond acceptors (Lipinski definition) is 9. The SMILES string of the molecule is CCN(C(=O)c1cc(F)ccc1Oc1nncnc1N1CCC2(C1)CN([C@H](C[C@@H](CNC)OC)C(C)C)C2)C(C)C.Cl. The highest BCUT2D eigenvalue weighted by atomic mass is 35.5. The van der Waals surface area contributed by atoms with Crippen molar-refractivity contribution in [1.82, 2.24) is 30.3 Å². The molecule has 42 heavy (non-hydrogen) atoms. The van der Waals surface area contributed by atoms with Crippen molar-refractivity contribution in [2.45, 2.75) is 65.6 Å². The molecule has 1 spiro atoms. The van der Waals surface area contributed by atoms with Gasteiger partial charge in [-0.2, -0.15) is 0 Å². The van der Waals surface area contributed by atoms with Gasteiger partial charge < -0.3 is 24.6 Å². The summed E-state index contributed by atoms with van der Waals surface area (Å²) in [5.74, 6) is 0.757. The van der Waals surface area contributed by atoms with Gasteiger partial charge in [0.25, 0.3) is 11.8 Å². The number of likely N-dealkylation sites (N-methyl/N-ethyl adjacent to an activating group) is 1. The number of amides is 1. The number of likely N-dealkylation sites (tertiary alicyclic amines) is 1. The first-order valence-corrected chi connectivity index (χ1v) is 14.7. The third-order valence-electron chi connectivity index (χ3n) is 8.50. The highest BCUT2D eigenvalue weighted by molar-refractivity contribution is 5.97. The van der Waals surface area contributed by atoms with Crippen molar-refractivity contribution in [2.75, 3.05) is 58.3 Å². The van der Waals surface area contributed by atoms with Crippen molar-refractivity contribution in [3.05, 3.63) is 35.9 Å². The molecule has 0 radical (unpaired) electrons. The van der Waals surface area contributed by atoms with Gasteiger partial charge in [0.05, 0.1) is 11.7 Å². The molecule has 0 bridgehead atoms. The first-order valence-electron chi connectivity index (χ1n) is 14.7. The number of ether oxygens (including phenoxy) is 2. The lowest BCUT2D eigenvalue weighted by Gasteiger charge is -2.53. The Hall–Kier alpha value is -2.60. The van der Waals surface area contributed by atoms with Gasteiger partial charge in [-0.25, -0.2) is 9.37 Å². The Morgan fingerprint density at radius 1 is 1.21 bits per heavy atom. The summed E-state index contributed by atoms with van der Waals surface area (Å²) in [6, 6.07) is 4.38. The zero-order valence-electron chi connectivity index (χ0n) is 26.0. The first-order chi connectivity index (χ1) is 19.6. The van der Waals surface area contributed by atoms with Crippen LogP contribution < -0.4 is 15.0 Å². The molecular formula is C30H47ClFN7O3. The monoisotopic (exact) mass is 607 g/mol. The van der Waals surface area contributed by atoms with Crippen molar-refractivity contribution in [2.24, 2.45) is 11.3 Å². The molecule has 2 atom stereocenters. The second-order valence-electron chi connectivity index (χ2n) is 12.1. The van der Waals surface area contributed by atoms with Gasteiger partial charge in [0.1, 0.15) is 17.9 Å². The Balaban J connectivity index is 0.00000484. The molecule has 1 aromatic heterocycles. The maximum atomic E-state index is 14.2. The second kappa shape index (κ2) is 14.7. The summed E-state index contributed by atoms with van der Waals surface area (Å²) in [6.45, 7) is 15.4. The smallest absolute Gasteiger partial charge is 0.282 e. The minimum absolute atomic E-state index is 0. The summed E-state index contributed by atoms with van der Waals surface area (Å²) in [4.78, 5) is 24.3. The summed E-state index contributed by atoms with van der Waals surface area (Å²) < 4.78 is 26.1. The third-order valence-corrected chi connectivity index (χ3v) is 8.50. The number of carbonyl (C=O) groups excluding carboxylic acids is 1. The number of benzene rings is 1. The summed E-state index contributed by atoms with van der Waals surface area (Å²) in [6.07, 6.45) is 3.63. The number of methoxy groups -OCH3 is 1. The highest BCUT2D eigenvalue weighted by Crippen LogP contribution is 2.44. The minimum atomic E-state index is -0.503. The molecular weight excluding hydrogens is 561 g/mol. The summed E-state index contributed by atoms with van der Waals surface area (Å²) in [5.41, 5.74) is 0.327. The van der Waals surface area contributed by atoms with Crippen LogP contribution in [0.15, 0.2) is 24.5 Å². The number of rotatable bonds is 13. The molecule has 0 unspecified atom stereocenters. The summed E-state index contributed by atoms with van der Waals surface area (Å²) >= 11 is 0. The number of halogens is 2. The lowest BCUT2D eigenvalue weighted by atomic mass is 9.76. The van der Waals surface area contributed by atoms with Crippen LogP contribution in [0.5, 0.6) is 11.6 Å². The van der Waals surface area contributed by atoms with Crippen molar-refractivity contribution in [3.8, 4) is 11.6 Å². The van der Waals surface area contributed by atoms with E-state index in [-0.39, 0.29) is 53.1 Å². The normalized spacial score (nSPS) is 17.7. The van der Waals surface area contributed by atoms with Crippen LogP contribution in [0.1, 0.15) is 57.8 Å². The van der Waals surface area contributed by atoms with E-state index in [2.05, 4.69) is 44.1 Å². The van der Waals surface area contributed by atoms with Crippen LogP contribution in [0.25, 0.3) is 0 Å². The Morgan fingerprint density at radius 2 is 1.95 bits per heavy atom. The molecule has 4 rings (SSSR count). The molecule has 3 heterocycles. The molecule has 0 aliphatic carbocycles. The van der Waals surface area contributed by atoms with Crippen LogP contribution in [0, 0.1) is 17.2 Å². The largest absolute Gasteiger partial charge is 0.434 e.